The van der Waals surface area contributed by atoms with Crippen molar-refractivity contribution in [2.45, 2.75) is 26.3 Å². The number of carbonyl (C=O) groups is 2. The van der Waals surface area contributed by atoms with Crippen LogP contribution < -0.4 is 10.6 Å². The van der Waals surface area contributed by atoms with Crippen molar-refractivity contribution in [3.63, 3.8) is 0 Å². The monoisotopic (exact) mass is 394 g/mol. The summed E-state index contributed by atoms with van der Waals surface area (Å²) in [5, 5.41) is 5.67. The first-order valence-corrected chi connectivity index (χ1v) is 8.94. The standard InChI is InChI=1S/C20H21ClF2N2O2/c1-12(2)18(25-19(26)16-5-3-4-6-17(16)21)20(27)24-8-7-13-9-14(22)11-15(23)10-13/h3-6,9-12,18H,7-8H2,1-2H3,(H,24,27)(H,25,26). The van der Waals surface area contributed by atoms with Gasteiger partial charge in [0.25, 0.3) is 5.91 Å². The number of benzene rings is 2. The molecule has 0 heterocycles. The van der Waals surface area contributed by atoms with Gasteiger partial charge in [-0.2, -0.15) is 0 Å². The van der Waals surface area contributed by atoms with Gasteiger partial charge in [0.15, 0.2) is 0 Å². The summed E-state index contributed by atoms with van der Waals surface area (Å²) in [5.74, 6) is -2.31. The van der Waals surface area contributed by atoms with Crippen molar-refractivity contribution in [2.75, 3.05) is 6.54 Å². The van der Waals surface area contributed by atoms with Gasteiger partial charge in [0.1, 0.15) is 17.7 Å². The van der Waals surface area contributed by atoms with E-state index in [9.17, 15) is 18.4 Å². The minimum absolute atomic E-state index is 0.164. The van der Waals surface area contributed by atoms with Gasteiger partial charge in [0.05, 0.1) is 10.6 Å². The van der Waals surface area contributed by atoms with Crippen molar-refractivity contribution in [2.24, 2.45) is 5.92 Å². The van der Waals surface area contributed by atoms with Crippen LogP contribution in [0, 0.1) is 17.6 Å². The molecule has 2 rings (SSSR count). The summed E-state index contributed by atoms with van der Waals surface area (Å²) in [5.41, 5.74) is 0.724. The van der Waals surface area contributed by atoms with E-state index < -0.39 is 23.6 Å². The second kappa shape index (κ2) is 9.46. The fourth-order valence-corrected chi connectivity index (χ4v) is 2.82. The predicted octanol–water partition coefficient (Wildman–Crippen LogP) is 3.73. The molecule has 0 radical (unpaired) electrons. The zero-order valence-electron chi connectivity index (χ0n) is 15.1. The van der Waals surface area contributed by atoms with Gasteiger partial charge >= 0.3 is 0 Å². The van der Waals surface area contributed by atoms with Gasteiger partial charge in [-0.25, -0.2) is 8.78 Å². The van der Waals surface area contributed by atoms with Gasteiger partial charge in [0.2, 0.25) is 5.91 Å². The smallest absolute Gasteiger partial charge is 0.253 e. The molecule has 7 heteroatoms. The van der Waals surface area contributed by atoms with Crippen LogP contribution in [0.4, 0.5) is 8.78 Å². The van der Waals surface area contributed by atoms with Gasteiger partial charge in [-0.15, -0.1) is 0 Å². The van der Waals surface area contributed by atoms with Crippen molar-refractivity contribution in [3.05, 3.63) is 70.2 Å². The number of nitrogens with one attached hydrogen (secondary N) is 2. The largest absolute Gasteiger partial charge is 0.354 e. The molecule has 0 aliphatic rings. The fourth-order valence-electron chi connectivity index (χ4n) is 2.59. The summed E-state index contributed by atoms with van der Waals surface area (Å²) in [6, 6.07) is 9.02. The first-order valence-electron chi connectivity index (χ1n) is 8.56. The molecular formula is C20H21ClF2N2O2. The Kier molecular flexibility index (Phi) is 7.30. The van der Waals surface area contributed by atoms with E-state index in [2.05, 4.69) is 10.6 Å². The zero-order chi connectivity index (χ0) is 20.0. The number of halogens is 3. The van der Waals surface area contributed by atoms with Gasteiger partial charge in [0, 0.05) is 12.6 Å². The van der Waals surface area contributed by atoms with E-state index in [0.29, 0.717) is 10.6 Å². The predicted molar refractivity (Wildman–Crippen MR) is 101 cm³/mol. The highest BCUT2D eigenvalue weighted by molar-refractivity contribution is 6.33. The second-order valence-corrected chi connectivity index (χ2v) is 6.90. The van der Waals surface area contributed by atoms with E-state index in [1.165, 1.54) is 12.1 Å². The number of hydrogen-bond acceptors (Lipinski definition) is 2. The van der Waals surface area contributed by atoms with Crippen LogP contribution in [0.3, 0.4) is 0 Å². The summed E-state index contributed by atoms with van der Waals surface area (Å²) in [6.45, 7) is 3.80. The van der Waals surface area contributed by atoms with Crippen molar-refractivity contribution in [1.29, 1.82) is 0 Å². The lowest BCUT2D eigenvalue weighted by atomic mass is 10.0. The Hall–Kier alpha value is -2.47. The third-order valence-corrected chi connectivity index (χ3v) is 4.32. The van der Waals surface area contributed by atoms with Crippen LogP contribution in [0.15, 0.2) is 42.5 Å². The molecule has 0 bridgehead atoms. The van der Waals surface area contributed by atoms with E-state index in [0.717, 1.165) is 6.07 Å². The van der Waals surface area contributed by atoms with Crippen molar-refractivity contribution < 1.29 is 18.4 Å². The minimum atomic E-state index is -0.766. The average molecular weight is 395 g/mol. The Morgan fingerprint density at radius 1 is 1.07 bits per heavy atom. The van der Waals surface area contributed by atoms with Gasteiger partial charge in [-0.05, 0) is 42.2 Å². The summed E-state index contributed by atoms with van der Waals surface area (Å²) in [4.78, 5) is 24.8. The van der Waals surface area contributed by atoms with E-state index in [1.54, 1.807) is 38.1 Å². The Morgan fingerprint density at radius 3 is 2.30 bits per heavy atom. The molecule has 4 nitrogen and oxygen atoms in total. The normalized spacial score (nSPS) is 11.9. The van der Waals surface area contributed by atoms with Crippen LogP contribution in [0.5, 0.6) is 0 Å². The molecule has 0 saturated heterocycles. The van der Waals surface area contributed by atoms with E-state index >= 15 is 0 Å². The topological polar surface area (TPSA) is 58.2 Å². The van der Waals surface area contributed by atoms with Crippen molar-refractivity contribution in [1.82, 2.24) is 10.6 Å². The number of rotatable bonds is 7. The summed E-state index contributed by atoms with van der Waals surface area (Å²) >= 11 is 6.02. The first kappa shape index (κ1) is 20.8. The highest BCUT2D eigenvalue weighted by Gasteiger charge is 2.25. The SMILES string of the molecule is CC(C)C(NC(=O)c1ccccc1Cl)C(=O)NCCc1cc(F)cc(F)c1. The second-order valence-electron chi connectivity index (χ2n) is 6.49. The maximum atomic E-state index is 13.2. The van der Waals surface area contributed by atoms with Crippen molar-refractivity contribution in [3.8, 4) is 0 Å². The molecule has 1 unspecified atom stereocenters. The molecule has 27 heavy (non-hydrogen) atoms. The van der Waals surface area contributed by atoms with Gasteiger partial charge in [-0.3, -0.25) is 9.59 Å². The average Bonchev–Trinajstić information content (AvgIpc) is 2.58. The molecule has 0 spiro atoms. The Balaban J connectivity index is 1.96. The third-order valence-electron chi connectivity index (χ3n) is 3.99. The number of hydrogen-bond donors (Lipinski definition) is 2. The molecule has 0 aliphatic carbocycles. The highest BCUT2D eigenvalue weighted by Crippen LogP contribution is 2.15. The summed E-state index contributed by atoms with van der Waals surface area (Å²) in [7, 11) is 0. The van der Waals surface area contributed by atoms with Crippen LogP contribution in [0.1, 0.15) is 29.8 Å². The van der Waals surface area contributed by atoms with Crippen LogP contribution in [0.25, 0.3) is 0 Å². The molecule has 0 aliphatic heterocycles. The Morgan fingerprint density at radius 2 is 1.70 bits per heavy atom. The highest BCUT2D eigenvalue weighted by atomic mass is 35.5. The van der Waals surface area contributed by atoms with E-state index in [-0.39, 0.29) is 30.4 Å². The molecule has 0 saturated carbocycles. The zero-order valence-corrected chi connectivity index (χ0v) is 15.8. The van der Waals surface area contributed by atoms with Crippen LogP contribution in [-0.2, 0) is 11.2 Å². The molecule has 2 aromatic carbocycles. The molecule has 0 fully saturated rings. The van der Waals surface area contributed by atoms with Crippen LogP contribution in [0.2, 0.25) is 5.02 Å². The fraction of sp³-hybridized carbons (Fsp3) is 0.300. The number of carbonyl (C=O) groups excluding carboxylic acids is 2. The van der Waals surface area contributed by atoms with Gasteiger partial charge < -0.3 is 10.6 Å². The molecule has 1 atom stereocenters. The lowest BCUT2D eigenvalue weighted by molar-refractivity contribution is -0.123. The summed E-state index contributed by atoms with van der Waals surface area (Å²) < 4.78 is 26.4. The molecule has 2 aromatic rings. The Labute approximate surface area is 161 Å². The minimum Gasteiger partial charge on any atom is -0.354 e. The lowest BCUT2D eigenvalue weighted by Gasteiger charge is -2.22. The molecule has 2 N–H and O–H groups in total. The van der Waals surface area contributed by atoms with Gasteiger partial charge in [-0.1, -0.05) is 37.6 Å². The third kappa shape index (κ3) is 6.03. The summed E-state index contributed by atoms with van der Waals surface area (Å²) in [6.07, 6.45) is 0.268. The lowest BCUT2D eigenvalue weighted by Crippen LogP contribution is -2.50. The first-order chi connectivity index (χ1) is 12.8. The molecule has 2 amide bonds. The maximum Gasteiger partial charge on any atom is 0.253 e. The maximum absolute atomic E-state index is 13.2. The van der Waals surface area contributed by atoms with E-state index in [4.69, 9.17) is 11.6 Å². The van der Waals surface area contributed by atoms with Crippen LogP contribution in [-0.4, -0.2) is 24.4 Å². The molecule has 144 valence electrons. The van der Waals surface area contributed by atoms with Crippen LogP contribution >= 0.6 is 11.6 Å². The van der Waals surface area contributed by atoms with Crippen molar-refractivity contribution >= 4 is 23.4 Å². The molecule has 0 aromatic heterocycles. The molecular weight excluding hydrogens is 374 g/mol. The number of amides is 2. The Bertz CT molecular complexity index is 807. The quantitative estimate of drug-likeness (QED) is 0.751. The van der Waals surface area contributed by atoms with E-state index in [1.807, 2.05) is 0 Å².